The number of halogens is 1. The Hall–Kier alpha value is -2.46. The van der Waals surface area contributed by atoms with Crippen LogP contribution in [0.25, 0.3) is 22.3 Å². The highest BCUT2D eigenvalue weighted by Gasteiger charge is 2.18. The summed E-state index contributed by atoms with van der Waals surface area (Å²) in [5.41, 5.74) is 1.66. The largest absolute Gasteiger partial charge is 0.496 e. The molecule has 3 rings (SSSR count). The summed E-state index contributed by atoms with van der Waals surface area (Å²) in [6.45, 7) is 0. The lowest BCUT2D eigenvalue weighted by Gasteiger charge is -2.07. The van der Waals surface area contributed by atoms with E-state index in [0.29, 0.717) is 33.4 Å². The van der Waals surface area contributed by atoms with Crippen LogP contribution >= 0.6 is 11.6 Å². The molecule has 0 spiro atoms. The fourth-order valence-electron chi connectivity index (χ4n) is 2.37. The second-order valence-corrected chi connectivity index (χ2v) is 5.11. The number of benzene rings is 2. The van der Waals surface area contributed by atoms with Crippen molar-refractivity contribution >= 4 is 28.9 Å². The van der Waals surface area contributed by atoms with Gasteiger partial charge in [0.25, 0.3) is 0 Å². The summed E-state index contributed by atoms with van der Waals surface area (Å²) in [5.74, 6) is 1.62. The number of carbonyl (C=O) groups is 1. The molecule has 5 heteroatoms. The van der Waals surface area contributed by atoms with Crippen molar-refractivity contribution in [2.75, 3.05) is 14.2 Å². The van der Waals surface area contributed by atoms with Crippen LogP contribution in [-0.2, 0) is 0 Å². The van der Waals surface area contributed by atoms with E-state index in [1.54, 1.807) is 25.3 Å². The third-order valence-electron chi connectivity index (χ3n) is 3.46. The van der Waals surface area contributed by atoms with Crippen LogP contribution in [0.2, 0.25) is 5.02 Å². The highest BCUT2D eigenvalue weighted by Crippen LogP contribution is 2.39. The Morgan fingerprint density at radius 3 is 2.32 bits per heavy atom. The van der Waals surface area contributed by atoms with E-state index in [1.165, 1.54) is 7.11 Å². The lowest BCUT2D eigenvalue weighted by molar-refractivity contribution is 0.112. The minimum Gasteiger partial charge on any atom is -0.496 e. The van der Waals surface area contributed by atoms with Gasteiger partial charge in [-0.2, -0.15) is 0 Å². The molecule has 0 saturated carbocycles. The molecule has 0 aliphatic carbocycles. The second-order valence-electron chi connectivity index (χ2n) is 4.67. The van der Waals surface area contributed by atoms with E-state index >= 15 is 0 Å². The average molecular weight is 317 g/mol. The van der Waals surface area contributed by atoms with Crippen molar-refractivity contribution in [3.05, 3.63) is 47.0 Å². The van der Waals surface area contributed by atoms with Crippen molar-refractivity contribution in [1.29, 1.82) is 0 Å². The molecule has 0 bridgehead atoms. The number of hydrogen-bond acceptors (Lipinski definition) is 4. The van der Waals surface area contributed by atoms with Gasteiger partial charge in [-0.05, 0) is 30.3 Å². The van der Waals surface area contributed by atoms with Gasteiger partial charge >= 0.3 is 0 Å². The lowest BCUT2D eigenvalue weighted by atomic mass is 10.1. The van der Waals surface area contributed by atoms with Gasteiger partial charge < -0.3 is 13.9 Å². The second kappa shape index (κ2) is 5.73. The molecule has 0 aliphatic heterocycles. The summed E-state index contributed by atoms with van der Waals surface area (Å²) in [7, 11) is 3.06. The number of hydrogen-bond donors (Lipinski definition) is 0. The van der Waals surface area contributed by atoms with Gasteiger partial charge in [-0.3, -0.25) is 4.79 Å². The van der Waals surface area contributed by atoms with E-state index in [-0.39, 0.29) is 0 Å². The predicted octanol–water partition coefficient (Wildman–Crippen LogP) is 4.58. The van der Waals surface area contributed by atoms with Crippen LogP contribution in [0.4, 0.5) is 0 Å². The minimum atomic E-state index is 0.360. The first kappa shape index (κ1) is 14.5. The molecule has 0 N–H and O–H groups in total. The van der Waals surface area contributed by atoms with Crippen LogP contribution in [0.3, 0.4) is 0 Å². The minimum absolute atomic E-state index is 0.360. The summed E-state index contributed by atoms with van der Waals surface area (Å²) in [6, 6.07) is 10.8. The first-order valence-electron chi connectivity index (χ1n) is 6.57. The van der Waals surface area contributed by atoms with Gasteiger partial charge in [-0.15, -0.1) is 0 Å². The van der Waals surface area contributed by atoms with Crippen molar-refractivity contribution < 1.29 is 18.7 Å². The van der Waals surface area contributed by atoms with Crippen LogP contribution < -0.4 is 9.47 Å². The number of aldehydes is 1. The Kier molecular flexibility index (Phi) is 3.77. The van der Waals surface area contributed by atoms with Gasteiger partial charge in [-0.1, -0.05) is 11.6 Å². The normalized spacial score (nSPS) is 10.7. The van der Waals surface area contributed by atoms with Gasteiger partial charge in [0, 0.05) is 16.7 Å². The summed E-state index contributed by atoms with van der Waals surface area (Å²) >= 11 is 5.90. The van der Waals surface area contributed by atoms with Crippen LogP contribution in [-0.4, -0.2) is 20.5 Å². The van der Waals surface area contributed by atoms with E-state index < -0.39 is 0 Å². The quantitative estimate of drug-likeness (QED) is 0.661. The molecule has 0 amide bonds. The number of methoxy groups -OCH3 is 2. The number of ether oxygens (including phenoxy) is 2. The molecule has 0 fully saturated rings. The first-order chi connectivity index (χ1) is 10.7. The monoisotopic (exact) mass is 316 g/mol. The van der Waals surface area contributed by atoms with Crippen molar-refractivity contribution in [3.8, 4) is 22.8 Å². The van der Waals surface area contributed by atoms with Gasteiger partial charge in [0.05, 0.1) is 25.2 Å². The first-order valence-corrected chi connectivity index (χ1v) is 6.95. The van der Waals surface area contributed by atoms with Gasteiger partial charge in [0.1, 0.15) is 17.3 Å². The number of furan rings is 1. The molecular formula is C17H13ClO4. The van der Waals surface area contributed by atoms with Crippen molar-refractivity contribution in [3.63, 3.8) is 0 Å². The fourth-order valence-corrected chi connectivity index (χ4v) is 2.49. The maximum Gasteiger partial charge on any atom is 0.157 e. The topological polar surface area (TPSA) is 48.7 Å². The maximum absolute atomic E-state index is 11.4. The van der Waals surface area contributed by atoms with Crippen LogP contribution in [0.1, 0.15) is 10.4 Å². The molecule has 0 atom stereocenters. The van der Waals surface area contributed by atoms with E-state index in [0.717, 1.165) is 17.2 Å². The Labute approximate surface area is 132 Å². The number of carbonyl (C=O) groups excluding carboxylic acids is 1. The number of fused-ring (bicyclic) bond motifs is 1. The zero-order chi connectivity index (χ0) is 15.7. The SMILES string of the molecule is COc1cc(OC)c2cc(-c3ccc(Cl)cc3)oc2c1C=O. The molecule has 0 unspecified atom stereocenters. The standard InChI is InChI=1S/C17H13ClO4/c1-20-15-8-16(21-2)13(9-19)17-12(15)7-14(22-17)10-3-5-11(18)6-4-10/h3-9H,1-2H3. The molecule has 1 aromatic heterocycles. The maximum atomic E-state index is 11.4. The van der Waals surface area contributed by atoms with Crippen molar-refractivity contribution in [2.45, 2.75) is 0 Å². The van der Waals surface area contributed by atoms with E-state index in [9.17, 15) is 4.79 Å². The van der Waals surface area contributed by atoms with Gasteiger partial charge in [-0.25, -0.2) is 0 Å². The summed E-state index contributed by atoms with van der Waals surface area (Å²) in [6.07, 6.45) is 0.718. The third-order valence-corrected chi connectivity index (χ3v) is 3.71. The highest BCUT2D eigenvalue weighted by molar-refractivity contribution is 6.30. The zero-order valence-electron chi connectivity index (χ0n) is 12.1. The molecule has 0 aliphatic rings. The number of rotatable bonds is 4. The molecule has 112 valence electrons. The lowest BCUT2D eigenvalue weighted by Crippen LogP contribution is -1.93. The third kappa shape index (κ3) is 2.31. The molecule has 3 aromatic rings. The van der Waals surface area contributed by atoms with Crippen LogP contribution in [0, 0.1) is 0 Å². The summed E-state index contributed by atoms with van der Waals surface area (Å²) in [5, 5.41) is 1.36. The molecule has 0 saturated heterocycles. The zero-order valence-corrected chi connectivity index (χ0v) is 12.8. The molecule has 4 nitrogen and oxygen atoms in total. The Bertz CT molecular complexity index is 834. The van der Waals surface area contributed by atoms with Gasteiger partial charge in [0.15, 0.2) is 11.9 Å². The Morgan fingerprint density at radius 2 is 1.73 bits per heavy atom. The Balaban J connectivity index is 2.27. The van der Waals surface area contributed by atoms with E-state index in [4.69, 9.17) is 25.5 Å². The van der Waals surface area contributed by atoms with Gasteiger partial charge in [0.2, 0.25) is 0 Å². The van der Waals surface area contributed by atoms with Crippen molar-refractivity contribution in [1.82, 2.24) is 0 Å². The summed E-state index contributed by atoms with van der Waals surface area (Å²) < 4.78 is 16.5. The molecule has 2 aromatic carbocycles. The van der Waals surface area contributed by atoms with E-state index in [1.807, 2.05) is 18.2 Å². The average Bonchev–Trinajstić information content (AvgIpc) is 2.98. The fraction of sp³-hybridized carbons (Fsp3) is 0.118. The molecule has 22 heavy (non-hydrogen) atoms. The van der Waals surface area contributed by atoms with Crippen LogP contribution in [0.5, 0.6) is 11.5 Å². The molecular weight excluding hydrogens is 304 g/mol. The van der Waals surface area contributed by atoms with Crippen LogP contribution in [0.15, 0.2) is 40.8 Å². The highest BCUT2D eigenvalue weighted by atomic mass is 35.5. The smallest absolute Gasteiger partial charge is 0.157 e. The molecule has 0 radical (unpaired) electrons. The summed E-state index contributed by atoms with van der Waals surface area (Å²) in [4.78, 5) is 11.4. The molecule has 1 heterocycles. The Morgan fingerprint density at radius 1 is 1.05 bits per heavy atom. The van der Waals surface area contributed by atoms with E-state index in [2.05, 4.69) is 0 Å². The van der Waals surface area contributed by atoms with Crippen molar-refractivity contribution in [2.24, 2.45) is 0 Å². The predicted molar refractivity (Wildman–Crippen MR) is 85.2 cm³/mol.